The highest BCUT2D eigenvalue weighted by Crippen LogP contribution is 2.17. The molecule has 2 aromatic carbocycles. The van der Waals surface area contributed by atoms with Gasteiger partial charge in [0.1, 0.15) is 23.8 Å². The molecule has 0 bridgehead atoms. The molecule has 0 aliphatic rings. The van der Waals surface area contributed by atoms with Crippen molar-refractivity contribution in [2.75, 3.05) is 6.54 Å². The van der Waals surface area contributed by atoms with Crippen molar-refractivity contribution in [2.24, 2.45) is 0 Å². The van der Waals surface area contributed by atoms with E-state index in [0.717, 1.165) is 5.75 Å². The molecular formula is C19H19N3O4. The third-order valence-electron chi connectivity index (χ3n) is 3.71. The van der Waals surface area contributed by atoms with Crippen LogP contribution in [0.15, 0.2) is 60.7 Å². The van der Waals surface area contributed by atoms with Gasteiger partial charge in [0.2, 0.25) is 0 Å². The highest BCUT2D eigenvalue weighted by atomic mass is 16.5. The number of aromatic amines is 1. The molecule has 3 aromatic rings. The predicted molar refractivity (Wildman–Crippen MR) is 94.8 cm³/mol. The Bertz CT molecular complexity index is 864. The molecule has 0 saturated heterocycles. The second-order valence-corrected chi connectivity index (χ2v) is 5.70. The molecule has 0 saturated carbocycles. The van der Waals surface area contributed by atoms with E-state index in [1.807, 2.05) is 30.3 Å². The van der Waals surface area contributed by atoms with Crippen LogP contribution in [-0.4, -0.2) is 32.9 Å². The molecule has 0 aliphatic heterocycles. The van der Waals surface area contributed by atoms with Gasteiger partial charge in [-0.25, -0.2) is 0 Å². The molecule has 0 unspecified atom stereocenters. The lowest BCUT2D eigenvalue weighted by molar-refractivity contribution is 0.0911. The van der Waals surface area contributed by atoms with Crippen molar-refractivity contribution in [3.63, 3.8) is 0 Å². The van der Waals surface area contributed by atoms with Gasteiger partial charge in [-0.1, -0.05) is 30.3 Å². The van der Waals surface area contributed by atoms with Gasteiger partial charge in [-0.3, -0.25) is 9.89 Å². The molecule has 0 fully saturated rings. The van der Waals surface area contributed by atoms with Gasteiger partial charge < -0.3 is 20.3 Å². The lowest BCUT2D eigenvalue weighted by atomic mass is 10.1. The van der Waals surface area contributed by atoms with E-state index in [1.54, 1.807) is 18.2 Å². The average Bonchev–Trinajstić information content (AvgIpc) is 3.14. The number of amides is 1. The molecule has 1 aromatic heterocycles. The van der Waals surface area contributed by atoms with Crippen molar-refractivity contribution in [1.82, 2.24) is 15.5 Å². The van der Waals surface area contributed by atoms with E-state index in [2.05, 4.69) is 15.5 Å². The van der Waals surface area contributed by atoms with Crippen LogP contribution >= 0.6 is 0 Å². The monoisotopic (exact) mass is 353 g/mol. The minimum atomic E-state index is -0.925. The average molecular weight is 353 g/mol. The van der Waals surface area contributed by atoms with Crippen LogP contribution in [0.1, 0.15) is 27.8 Å². The second kappa shape index (κ2) is 8.17. The molecule has 7 nitrogen and oxygen atoms in total. The summed E-state index contributed by atoms with van der Waals surface area (Å²) in [7, 11) is 0. The number of phenolic OH excluding ortho intramolecular Hbond substituents is 1. The molecule has 1 atom stereocenters. The number of H-pyrrole nitrogens is 1. The van der Waals surface area contributed by atoms with E-state index in [0.29, 0.717) is 11.3 Å². The standard InChI is InChI=1S/C19H19N3O4/c23-15-6-4-5-13(9-15)18(24)11-20-19(25)17-10-14(21-22-17)12-26-16-7-2-1-3-8-16/h1-10,18,23-24H,11-12H2,(H,20,25)(H,21,22)/t18-/m1/s1. The Balaban J connectivity index is 1.51. The Kier molecular flexibility index (Phi) is 5.50. The number of nitrogens with zero attached hydrogens (tertiary/aromatic N) is 1. The number of rotatable bonds is 7. The number of nitrogens with one attached hydrogen (secondary N) is 2. The van der Waals surface area contributed by atoms with Gasteiger partial charge >= 0.3 is 0 Å². The molecule has 1 amide bonds. The Morgan fingerprint density at radius 3 is 2.73 bits per heavy atom. The summed E-state index contributed by atoms with van der Waals surface area (Å²) in [6.07, 6.45) is -0.925. The number of aliphatic hydroxyl groups is 1. The van der Waals surface area contributed by atoms with Crippen LogP contribution in [0.25, 0.3) is 0 Å². The Labute approximate surface area is 150 Å². The zero-order valence-corrected chi connectivity index (χ0v) is 13.9. The summed E-state index contributed by atoms with van der Waals surface area (Å²) < 4.78 is 5.59. The first-order chi connectivity index (χ1) is 12.6. The molecule has 134 valence electrons. The van der Waals surface area contributed by atoms with Crippen molar-refractivity contribution in [1.29, 1.82) is 0 Å². The van der Waals surface area contributed by atoms with Crippen LogP contribution in [0.4, 0.5) is 0 Å². The molecule has 4 N–H and O–H groups in total. The van der Waals surface area contributed by atoms with E-state index < -0.39 is 12.0 Å². The Morgan fingerprint density at radius 1 is 1.15 bits per heavy atom. The van der Waals surface area contributed by atoms with E-state index in [4.69, 9.17) is 4.74 Å². The van der Waals surface area contributed by atoms with Gasteiger partial charge in [0.25, 0.3) is 5.91 Å². The van der Waals surface area contributed by atoms with Crippen molar-refractivity contribution in [2.45, 2.75) is 12.7 Å². The fraction of sp³-hybridized carbons (Fsp3) is 0.158. The number of aromatic nitrogens is 2. The molecular weight excluding hydrogens is 334 g/mol. The minimum Gasteiger partial charge on any atom is -0.508 e. The number of aliphatic hydroxyl groups excluding tert-OH is 1. The molecule has 0 radical (unpaired) electrons. The minimum absolute atomic E-state index is 0.00496. The third kappa shape index (κ3) is 4.61. The summed E-state index contributed by atoms with van der Waals surface area (Å²) >= 11 is 0. The van der Waals surface area contributed by atoms with Crippen molar-refractivity contribution < 1.29 is 19.7 Å². The van der Waals surface area contributed by atoms with Gasteiger partial charge in [-0.05, 0) is 35.9 Å². The summed E-state index contributed by atoms with van der Waals surface area (Å²) in [6.45, 7) is 0.265. The topological polar surface area (TPSA) is 107 Å². The van der Waals surface area contributed by atoms with Gasteiger partial charge in [0.05, 0.1) is 11.8 Å². The van der Waals surface area contributed by atoms with Gasteiger partial charge in [0, 0.05) is 6.54 Å². The molecule has 3 rings (SSSR count). The number of hydrogen-bond donors (Lipinski definition) is 4. The summed E-state index contributed by atoms with van der Waals surface area (Å²) in [5.74, 6) is 0.372. The van der Waals surface area contributed by atoms with Crippen LogP contribution in [0.3, 0.4) is 0 Å². The maximum atomic E-state index is 12.1. The Morgan fingerprint density at radius 2 is 1.96 bits per heavy atom. The fourth-order valence-corrected chi connectivity index (χ4v) is 2.36. The van der Waals surface area contributed by atoms with Crippen LogP contribution in [0, 0.1) is 0 Å². The normalized spacial score (nSPS) is 11.7. The van der Waals surface area contributed by atoms with E-state index in [9.17, 15) is 15.0 Å². The molecule has 26 heavy (non-hydrogen) atoms. The summed E-state index contributed by atoms with van der Waals surface area (Å²) in [6, 6.07) is 17.2. The number of para-hydroxylation sites is 1. The summed E-state index contributed by atoms with van der Waals surface area (Å²) in [5, 5.41) is 28.8. The summed E-state index contributed by atoms with van der Waals surface area (Å²) in [5.41, 5.74) is 1.39. The third-order valence-corrected chi connectivity index (χ3v) is 3.71. The first-order valence-electron chi connectivity index (χ1n) is 8.09. The van der Waals surface area contributed by atoms with Gasteiger partial charge in [-0.15, -0.1) is 0 Å². The van der Waals surface area contributed by atoms with Crippen LogP contribution in [0.5, 0.6) is 11.5 Å². The number of benzene rings is 2. The van der Waals surface area contributed by atoms with Crippen molar-refractivity contribution in [3.05, 3.63) is 77.6 Å². The number of carbonyl (C=O) groups is 1. The quantitative estimate of drug-likeness (QED) is 0.521. The summed E-state index contributed by atoms with van der Waals surface area (Å²) in [4.78, 5) is 12.1. The van der Waals surface area contributed by atoms with E-state index in [-0.39, 0.29) is 24.6 Å². The molecule has 0 aliphatic carbocycles. The lowest BCUT2D eigenvalue weighted by Crippen LogP contribution is -2.28. The smallest absolute Gasteiger partial charge is 0.271 e. The number of aromatic hydroxyl groups is 1. The van der Waals surface area contributed by atoms with Crippen LogP contribution in [0.2, 0.25) is 0 Å². The number of ether oxygens (including phenoxy) is 1. The predicted octanol–water partition coefficient (Wildman–Crippen LogP) is 2.16. The largest absolute Gasteiger partial charge is 0.508 e. The fourth-order valence-electron chi connectivity index (χ4n) is 2.36. The van der Waals surface area contributed by atoms with Gasteiger partial charge in [-0.2, -0.15) is 5.10 Å². The zero-order chi connectivity index (χ0) is 18.4. The highest BCUT2D eigenvalue weighted by Gasteiger charge is 2.14. The molecule has 1 heterocycles. The number of hydrogen-bond acceptors (Lipinski definition) is 5. The maximum absolute atomic E-state index is 12.1. The second-order valence-electron chi connectivity index (χ2n) is 5.70. The highest BCUT2D eigenvalue weighted by molar-refractivity contribution is 5.92. The zero-order valence-electron chi connectivity index (χ0n) is 13.9. The molecule has 0 spiro atoms. The number of carbonyl (C=O) groups excluding carboxylic acids is 1. The van der Waals surface area contributed by atoms with E-state index in [1.165, 1.54) is 12.1 Å². The Hall–Kier alpha value is -3.32. The van der Waals surface area contributed by atoms with Crippen molar-refractivity contribution in [3.8, 4) is 11.5 Å². The first kappa shape index (κ1) is 17.5. The van der Waals surface area contributed by atoms with Crippen LogP contribution < -0.4 is 10.1 Å². The van der Waals surface area contributed by atoms with Crippen molar-refractivity contribution >= 4 is 5.91 Å². The SMILES string of the molecule is O=C(NC[C@@H](O)c1cccc(O)c1)c1cc(COc2ccccc2)[nH]n1. The lowest BCUT2D eigenvalue weighted by Gasteiger charge is -2.11. The van der Waals surface area contributed by atoms with Crippen LogP contribution in [-0.2, 0) is 6.61 Å². The maximum Gasteiger partial charge on any atom is 0.271 e. The molecule has 7 heteroatoms. The first-order valence-corrected chi connectivity index (χ1v) is 8.09. The number of phenols is 1. The van der Waals surface area contributed by atoms with Gasteiger partial charge in [0.15, 0.2) is 0 Å². The van der Waals surface area contributed by atoms with E-state index >= 15 is 0 Å².